The Morgan fingerprint density at radius 2 is 1.96 bits per heavy atom. The van der Waals surface area contributed by atoms with E-state index in [9.17, 15) is 9.59 Å². The third kappa shape index (κ3) is 10.8. The minimum atomic E-state index is -0.299. The number of hydrogen-bond acceptors (Lipinski definition) is 5. The van der Waals surface area contributed by atoms with Crippen LogP contribution in [0.15, 0.2) is 24.3 Å². The van der Waals surface area contributed by atoms with Crippen molar-refractivity contribution in [2.24, 2.45) is 0 Å². The Bertz CT molecular complexity index is 503. The molecule has 1 fully saturated rings. The predicted molar refractivity (Wildman–Crippen MR) is 99.1 cm³/mol. The molecule has 0 bridgehead atoms. The zero-order chi connectivity index (χ0) is 19.2. The number of hydrogen-bond donors (Lipinski definition) is 1. The van der Waals surface area contributed by atoms with E-state index in [0.29, 0.717) is 19.0 Å². The van der Waals surface area contributed by atoms with Gasteiger partial charge in [0.1, 0.15) is 6.61 Å². The van der Waals surface area contributed by atoms with Crippen LogP contribution in [0.25, 0.3) is 0 Å². The molecule has 1 atom stereocenters. The van der Waals surface area contributed by atoms with E-state index in [-0.39, 0.29) is 24.6 Å². The molecule has 6 nitrogen and oxygen atoms in total. The van der Waals surface area contributed by atoms with E-state index in [1.165, 1.54) is 19.6 Å². The van der Waals surface area contributed by atoms with Crippen LogP contribution in [0.2, 0.25) is 0 Å². The van der Waals surface area contributed by atoms with Crippen molar-refractivity contribution in [3.63, 3.8) is 0 Å². The van der Waals surface area contributed by atoms with Crippen LogP contribution in [0.4, 0.5) is 5.69 Å². The fourth-order valence-electron chi connectivity index (χ4n) is 1.62. The number of aliphatic hydroxyl groups excluding tert-OH is 1. The standard InChI is InChI=1S/C11H13NO2.C4H9ClO.C3H6O2/c1-9-2-4-10(5-3-9)12-6-7-14-8-11(12)13;1-2-4(6)3-5;1-3(4)5-2/h2-5H,6-8H2,1H3;4,6H,2-3H2,1H3;1-2H3/t;4-;/m.0./s1. The van der Waals surface area contributed by atoms with Crippen LogP contribution in [0.3, 0.4) is 0 Å². The molecule has 142 valence electrons. The molecule has 1 aromatic rings. The lowest BCUT2D eigenvalue weighted by Crippen LogP contribution is -2.41. The second-order valence-electron chi connectivity index (χ2n) is 5.35. The van der Waals surface area contributed by atoms with Gasteiger partial charge in [-0.2, -0.15) is 0 Å². The molecule has 0 saturated carbocycles. The molecule has 0 unspecified atom stereocenters. The van der Waals surface area contributed by atoms with Gasteiger partial charge in [0.2, 0.25) is 0 Å². The van der Waals surface area contributed by atoms with Crippen molar-refractivity contribution in [3.05, 3.63) is 29.8 Å². The second-order valence-corrected chi connectivity index (χ2v) is 5.65. The highest BCUT2D eigenvalue weighted by molar-refractivity contribution is 6.18. The molecule has 0 aliphatic carbocycles. The van der Waals surface area contributed by atoms with Crippen molar-refractivity contribution in [2.45, 2.75) is 33.3 Å². The summed E-state index contributed by atoms with van der Waals surface area (Å²) < 4.78 is 9.18. The molecule has 1 aromatic carbocycles. The molecule has 2 rings (SSSR count). The van der Waals surface area contributed by atoms with Gasteiger partial charge in [-0.25, -0.2) is 0 Å². The summed E-state index contributed by atoms with van der Waals surface area (Å²) in [5.41, 5.74) is 2.17. The average Bonchev–Trinajstić information content (AvgIpc) is 2.63. The van der Waals surface area contributed by atoms with Crippen molar-refractivity contribution in [1.82, 2.24) is 0 Å². The molecule has 1 saturated heterocycles. The van der Waals surface area contributed by atoms with Gasteiger partial charge < -0.3 is 19.5 Å². The van der Waals surface area contributed by atoms with Crippen LogP contribution in [0, 0.1) is 6.92 Å². The normalized spacial score (nSPS) is 14.5. The van der Waals surface area contributed by atoms with Crippen molar-refractivity contribution < 1.29 is 24.2 Å². The van der Waals surface area contributed by atoms with E-state index >= 15 is 0 Å². The number of methoxy groups -OCH3 is 1. The Balaban J connectivity index is 0.000000438. The fourth-order valence-corrected chi connectivity index (χ4v) is 1.84. The summed E-state index contributed by atoms with van der Waals surface area (Å²) >= 11 is 5.20. The maximum atomic E-state index is 11.5. The number of benzene rings is 1. The van der Waals surface area contributed by atoms with Gasteiger partial charge >= 0.3 is 5.97 Å². The largest absolute Gasteiger partial charge is 0.469 e. The lowest BCUT2D eigenvalue weighted by atomic mass is 10.2. The minimum absolute atomic E-state index is 0.0418. The van der Waals surface area contributed by atoms with Crippen molar-refractivity contribution in [3.8, 4) is 0 Å². The number of nitrogens with zero attached hydrogens (tertiary/aromatic N) is 1. The first-order valence-corrected chi connectivity index (χ1v) is 8.62. The number of carbonyl (C=O) groups excluding carboxylic acids is 2. The highest BCUT2D eigenvalue weighted by Crippen LogP contribution is 2.16. The third-order valence-corrected chi connectivity index (χ3v) is 3.62. The lowest BCUT2D eigenvalue weighted by Gasteiger charge is -2.26. The van der Waals surface area contributed by atoms with Gasteiger partial charge in [-0.05, 0) is 25.5 Å². The van der Waals surface area contributed by atoms with E-state index in [1.807, 2.05) is 38.1 Å². The molecule has 1 amide bonds. The lowest BCUT2D eigenvalue weighted by molar-refractivity contribution is -0.138. The molecular weight excluding hydrogens is 346 g/mol. The van der Waals surface area contributed by atoms with Crippen LogP contribution in [-0.2, 0) is 19.1 Å². The topological polar surface area (TPSA) is 76.1 Å². The van der Waals surface area contributed by atoms with Crippen molar-refractivity contribution >= 4 is 29.2 Å². The third-order valence-electron chi connectivity index (χ3n) is 3.27. The summed E-state index contributed by atoms with van der Waals surface area (Å²) in [6.07, 6.45) is 0.454. The maximum Gasteiger partial charge on any atom is 0.302 e. The van der Waals surface area contributed by atoms with Gasteiger partial charge in [-0.1, -0.05) is 24.6 Å². The van der Waals surface area contributed by atoms with Gasteiger partial charge in [0.15, 0.2) is 0 Å². The molecular formula is C18H28ClNO5. The average molecular weight is 374 g/mol. The quantitative estimate of drug-likeness (QED) is 0.650. The van der Waals surface area contributed by atoms with E-state index in [0.717, 1.165) is 12.1 Å². The van der Waals surface area contributed by atoms with Gasteiger partial charge in [0.05, 0.1) is 19.8 Å². The number of alkyl halides is 1. The molecule has 0 spiro atoms. The summed E-state index contributed by atoms with van der Waals surface area (Å²) in [6, 6.07) is 7.97. The number of aryl methyl sites for hydroxylation is 1. The number of morpholine rings is 1. The van der Waals surface area contributed by atoms with Gasteiger partial charge in [-0.15, -0.1) is 11.6 Å². The number of aliphatic hydroxyl groups is 1. The SMILES string of the molecule is CC[C@H](O)CCl.COC(C)=O.Cc1ccc(N2CCOCC2=O)cc1. The van der Waals surface area contributed by atoms with Crippen LogP contribution in [0.5, 0.6) is 0 Å². The Kier molecular flexibility index (Phi) is 12.7. The van der Waals surface area contributed by atoms with Crippen LogP contribution < -0.4 is 4.90 Å². The molecule has 1 aliphatic heterocycles. The number of amides is 1. The van der Waals surface area contributed by atoms with Crippen LogP contribution in [0.1, 0.15) is 25.8 Å². The zero-order valence-corrected chi connectivity index (χ0v) is 16.1. The van der Waals surface area contributed by atoms with Gasteiger partial charge in [0, 0.05) is 25.0 Å². The van der Waals surface area contributed by atoms with E-state index in [4.69, 9.17) is 21.4 Å². The van der Waals surface area contributed by atoms with Crippen LogP contribution >= 0.6 is 11.6 Å². The Labute approximate surface area is 154 Å². The molecule has 1 N–H and O–H groups in total. The minimum Gasteiger partial charge on any atom is -0.469 e. The van der Waals surface area contributed by atoms with E-state index < -0.39 is 0 Å². The first-order chi connectivity index (χ1) is 11.8. The predicted octanol–water partition coefficient (Wildman–Crippen LogP) is 2.53. The van der Waals surface area contributed by atoms with Crippen LogP contribution in [-0.4, -0.2) is 55.8 Å². The number of esters is 1. The maximum absolute atomic E-state index is 11.5. The highest BCUT2D eigenvalue weighted by atomic mass is 35.5. The first-order valence-electron chi connectivity index (χ1n) is 8.09. The smallest absolute Gasteiger partial charge is 0.302 e. The number of anilines is 1. The summed E-state index contributed by atoms with van der Waals surface area (Å²) in [4.78, 5) is 22.8. The van der Waals surface area contributed by atoms with Gasteiger partial charge in [-0.3, -0.25) is 9.59 Å². The molecule has 0 radical (unpaired) electrons. The fraction of sp³-hybridized carbons (Fsp3) is 0.556. The summed E-state index contributed by atoms with van der Waals surface area (Å²) in [5, 5.41) is 8.53. The van der Waals surface area contributed by atoms with E-state index in [2.05, 4.69) is 4.74 Å². The Hall–Kier alpha value is -1.63. The monoisotopic (exact) mass is 373 g/mol. The molecule has 0 aromatic heterocycles. The molecule has 1 aliphatic rings. The molecule has 25 heavy (non-hydrogen) atoms. The summed E-state index contributed by atoms with van der Waals surface area (Å²) in [5.74, 6) is 0.154. The summed E-state index contributed by atoms with van der Waals surface area (Å²) in [6.45, 7) is 6.77. The second kappa shape index (κ2) is 13.6. The number of rotatable bonds is 3. The number of halogens is 1. The molecule has 1 heterocycles. The van der Waals surface area contributed by atoms with Crippen molar-refractivity contribution in [1.29, 1.82) is 0 Å². The number of ether oxygens (including phenoxy) is 2. The molecule has 7 heteroatoms. The van der Waals surface area contributed by atoms with E-state index in [1.54, 1.807) is 4.90 Å². The zero-order valence-electron chi connectivity index (χ0n) is 15.3. The highest BCUT2D eigenvalue weighted by Gasteiger charge is 2.19. The number of carbonyl (C=O) groups is 2. The van der Waals surface area contributed by atoms with Gasteiger partial charge in [0.25, 0.3) is 5.91 Å². The van der Waals surface area contributed by atoms with Crippen molar-refractivity contribution in [2.75, 3.05) is 37.6 Å². The Morgan fingerprint density at radius 3 is 2.32 bits per heavy atom. The Morgan fingerprint density at radius 1 is 1.40 bits per heavy atom. The first kappa shape index (κ1) is 23.4. The summed E-state index contributed by atoms with van der Waals surface area (Å²) in [7, 11) is 1.35.